The topological polar surface area (TPSA) is 41.1 Å². The molecule has 100 valence electrons. The molecule has 0 heterocycles. The number of hydrogen-bond donors (Lipinski definition) is 2. The van der Waals surface area contributed by atoms with Crippen LogP contribution in [0.4, 0.5) is 0 Å². The number of carbonyl (C=O) groups is 1. The number of carbonyl (C=O) groups excluding carboxylic acids is 1. The van der Waals surface area contributed by atoms with Crippen LogP contribution in [-0.2, 0) is 11.3 Å². The van der Waals surface area contributed by atoms with Crippen LogP contribution in [0, 0.1) is 0 Å². The molecule has 0 unspecified atom stereocenters. The minimum atomic E-state index is -0.159. The summed E-state index contributed by atoms with van der Waals surface area (Å²) in [5, 5.41) is 6.90. The molecule has 2 N–H and O–H groups in total. The van der Waals surface area contributed by atoms with Gasteiger partial charge in [-0.05, 0) is 38.5 Å². The van der Waals surface area contributed by atoms with Crippen molar-refractivity contribution in [3.63, 3.8) is 0 Å². The molecule has 0 atom stereocenters. The number of nitrogens with one attached hydrogen (secondary N) is 2. The highest BCUT2D eigenvalue weighted by molar-refractivity contribution is 6.30. The van der Waals surface area contributed by atoms with Crippen molar-refractivity contribution < 1.29 is 4.79 Å². The number of rotatable bonds is 5. The predicted octanol–water partition coefficient (Wildman–Crippen LogP) is 2.73. The molecule has 4 heteroatoms. The lowest BCUT2D eigenvalue weighted by Gasteiger charge is -2.20. The Hall–Kier alpha value is -1.06. The van der Waals surface area contributed by atoms with E-state index in [-0.39, 0.29) is 11.4 Å². The van der Waals surface area contributed by atoms with Crippen molar-refractivity contribution in [1.29, 1.82) is 0 Å². The van der Waals surface area contributed by atoms with Gasteiger partial charge in [0.05, 0.1) is 0 Å². The van der Waals surface area contributed by atoms with E-state index >= 15 is 0 Å². The zero-order valence-electron chi connectivity index (χ0n) is 11.2. The Morgan fingerprint density at radius 2 is 1.83 bits per heavy atom. The van der Waals surface area contributed by atoms with E-state index in [4.69, 9.17) is 11.6 Å². The molecule has 0 aliphatic heterocycles. The molecule has 0 spiro atoms. The van der Waals surface area contributed by atoms with Crippen LogP contribution in [0.2, 0.25) is 5.02 Å². The second-order valence-corrected chi connectivity index (χ2v) is 5.79. The van der Waals surface area contributed by atoms with Gasteiger partial charge in [0.15, 0.2) is 0 Å². The molecule has 18 heavy (non-hydrogen) atoms. The van der Waals surface area contributed by atoms with Gasteiger partial charge in [-0.3, -0.25) is 4.79 Å². The zero-order chi connectivity index (χ0) is 13.6. The van der Waals surface area contributed by atoms with E-state index in [1.807, 2.05) is 45.0 Å². The van der Waals surface area contributed by atoms with E-state index in [0.29, 0.717) is 13.0 Å². The molecule has 0 aliphatic carbocycles. The van der Waals surface area contributed by atoms with Crippen molar-refractivity contribution in [2.24, 2.45) is 0 Å². The molecule has 0 aliphatic rings. The standard InChI is InChI=1S/C14H21ClN2O/c1-14(2,3)17-13(18)8-9-16-10-11-4-6-12(15)7-5-11/h4-7,16H,8-10H2,1-3H3,(H,17,18). The molecule has 0 saturated carbocycles. The maximum absolute atomic E-state index is 11.5. The number of hydrogen-bond acceptors (Lipinski definition) is 2. The minimum absolute atomic E-state index is 0.0751. The summed E-state index contributed by atoms with van der Waals surface area (Å²) < 4.78 is 0. The lowest BCUT2D eigenvalue weighted by molar-refractivity contribution is -0.122. The number of amides is 1. The molecule has 1 rings (SSSR count). The molecule has 3 nitrogen and oxygen atoms in total. The van der Waals surface area contributed by atoms with Gasteiger partial charge in [-0.2, -0.15) is 0 Å². The van der Waals surface area contributed by atoms with Crippen LogP contribution in [-0.4, -0.2) is 18.0 Å². The Morgan fingerprint density at radius 3 is 2.39 bits per heavy atom. The van der Waals surface area contributed by atoms with Gasteiger partial charge >= 0.3 is 0 Å². The smallest absolute Gasteiger partial charge is 0.221 e. The van der Waals surface area contributed by atoms with Crippen LogP contribution < -0.4 is 10.6 Å². The van der Waals surface area contributed by atoms with Crippen molar-refractivity contribution in [3.8, 4) is 0 Å². The van der Waals surface area contributed by atoms with E-state index in [9.17, 15) is 4.79 Å². The molecule has 0 bridgehead atoms. The van der Waals surface area contributed by atoms with E-state index in [2.05, 4.69) is 10.6 Å². The Kier molecular flexibility index (Phi) is 5.63. The van der Waals surface area contributed by atoms with Crippen LogP contribution in [0.25, 0.3) is 0 Å². The first-order chi connectivity index (χ1) is 8.37. The summed E-state index contributed by atoms with van der Waals surface area (Å²) in [6.45, 7) is 7.36. The lowest BCUT2D eigenvalue weighted by atomic mass is 10.1. The predicted molar refractivity (Wildman–Crippen MR) is 75.7 cm³/mol. The van der Waals surface area contributed by atoms with Gasteiger partial charge in [0.2, 0.25) is 5.91 Å². The van der Waals surface area contributed by atoms with Crippen LogP contribution in [0.5, 0.6) is 0 Å². The largest absolute Gasteiger partial charge is 0.351 e. The lowest BCUT2D eigenvalue weighted by Crippen LogP contribution is -2.41. The fourth-order valence-electron chi connectivity index (χ4n) is 1.52. The summed E-state index contributed by atoms with van der Waals surface area (Å²) in [6, 6.07) is 7.69. The van der Waals surface area contributed by atoms with Crippen LogP contribution in [0.3, 0.4) is 0 Å². The average molecular weight is 269 g/mol. The first kappa shape index (κ1) is 15.0. The van der Waals surface area contributed by atoms with Crippen molar-refractivity contribution >= 4 is 17.5 Å². The molecular weight excluding hydrogens is 248 g/mol. The van der Waals surface area contributed by atoms with E-state index in [1.165, 1.54) is 0 Å². The molecule has 1 amide bonds. The summed E-state index contributed by atoms with van der Waals surface area (Å²) in [5.41, 5.74) is 1.00. The summed E-state index contributed by atoms with van der Waals surface area (Å²) >= 11 is 5.80. The first-order valence-corrected chi connectivity index (χ1v) is 6.51. The summed E-state index contributed by atoms with van der Waals surface area (Å²) in [4.78, 5) is 11.5. The van der Waals surface area contributed by atoms with E-state index < -0.39 is 0 Å². The Labute approximate surface area is 114 Å². The third-order valence-corrected chi connectivity index (χ3v) is 2.54. The Balaban J connectivity index is 2.19. The highest BCUT2D eigenvalue weighted by Gasteiger charge is 2.12. The fourth-order valence-corrected chi connectivity index (χ4v) is 1.64. The third-order valence-electron chi connectivity index (χ3n) is 2.29. The molecule has 0 radical (unpaired) electrons. The normalized spacial score (nSPS) is 11.3. The van der Waals surface area contributed by atoms with Gasteiger partial charge in [-0.15, -0.1) is 0 Å². The fraction of sp³-hybridized carbons (Fsp3) is 0.500. The van der Waals surface area contributed by atoms with Crippen molar-refractivity contribution in [1.82, 2.24) is 10.6 Å². The Bertz CT molecular complexity index is 382. The van der Waals surface area contributed by atoms with Crippen molar-refractivity contribution in [3.05, 3.63) is 34.9 Å². The number of halogens is 1. The zero-order valence-corrected chi connectivity index (χ0v) is 12.0. The monoisotopic (exact) mass is 268 g/mol. The maximum atomic E-state index is 11.5. The first-order valence-electron chi connectivity index (χ1n) is 6.13. The maximum Gasteiger partial charge on any atom is 0.221 e. The van der Waals surface area contributed by atoms with Gasteiger partial charge in [0.1, 0.15) is 0 Å². The highest BCUT2D eigenvalue weighted by Crippen LogP contribution is 2.09. The van der Waals surface area contributed by atoms with Crippen LogP contribution in [0.1, 0.15) is 32.8 Å². The van der Waals surface area contributed by atoms with Gasteiger partial charge in [-0.25, -0.2) is 0 Å². The van der Waals surface area contributed by atoms with E-state index in [1.54, 1.807) is 0 Å². The average Bonchev–Trinajstić information content (AvgIpc) is 2.24. The summed E-state index contributed by atoms with van der Waals surface area (Å²) in [6.07, 6.45) is 0.491. The van der Waals surface area contributed by atoms with Gasteiger partial charge in [0.25, 0.3) is 0 Å². The molecular formula is C14H21ClN2O. The summed E-state index contributed by atoms with van der Waals surface area (Å²) in [5.74, 6) is 0.0751. The summed E-state index contributed by atoms with van der Waals surface area (Å²) in [7, 11) is 0. The van der Waals surface area contributed by atoms with Crippen LogP contribution in [0.15, 0.2) is 24.3 Å². The third kappa shape index (κ3) is 6.62. The highest BCUT2D eigenvalue weighted by atomic mass is 35.5. The van der Waals surface area contributed by atoms with E-state index in [0.717, 1.165) is 17.1 Å². The molecule has 1 aromatic carbocycles. The van der Waals surface area contributed by atoms with Crippen LogP contribution >= 0.6 is 11.6 Å². The Morgan fingerprint density at radius 1 is 1.22 bits per heavy atom. The van der Waals surface area contributed by atoms with Crippen molar-refractivity contribution in [2.75, 3.05) is 6.54 Å². The van der Waals surface area contributed by atoms with Gasteiger partial charge in [0, 0.05) is 30.1 Å². The molecule has 0 fully saturated rings. The second kappa shape index (κ2) is 6.76. The van der Waals surface area contributed by atoms with Gasteiger partial charge in [-0.1, -0.05) is 23.7 Å². The molecule has 1 aromatic rings. The number of benzene rings is 1. The van der Waals surface area contributed by atoms with Crippen molar-refractivity contribution in [2.45, 2.75) is 39.3 Å². The quantitative estimate of drug-likeness (QED) is 0.807. The molecule has 0 saturated heterocycles. The van der Waals surface area contributed by atoms with Gasteiger partial charge < -0.3 is 10.6 Å². The second-order valence-electron chi connectivity index (χ2n) is 5.35. The molecule has 0 aromatic heterocycles. The minimum Gasteiger partial charge on any atom is -0.351 e. The SMILES string of the molecule is CC(C)(C)NC(=O)CCNCc1ccc(Cl)cc1.